The molecular weight excluding hydrogens is 420 g/mol. The first-order valence-corrected chi connectivity index (χ1v) is 9.58. The van der Waals surface area contributed by atoms with Gasteiger partial charge in [0.25, 0.3) is 5.91 Å². The van der Waals surface area contributed by atoms with Crippen LogP contribution < -0.4 is 10.2 Å². The standard InChI is InChI=1S/C22H19ClN4O4/c1-14-9-16(12-29-2)19(10-24)22(26-14)30-13-21(28)27-25-11-18-7-8-20(31-18)15-3-5-17(23)6-4-15/h3-9,11H,12-13H2,1-2H3,(H,27,28)/b25-11-. The molecule has 0 fully saturated rings. The van der Waals surface area contributed by atoms with Gasteiger partial charge in [0, 0.05) is 29.0 Å². The van der Waals surface area contributed by atoms with Crippen molar-refractivity contribution in [3.05, 3.63) is 70.1 Å². The molecule has 0 atom stereocenters. The molecule has 0 saturated carbocycles. The zero-order chi connectivity index (χ0) is 22.2. The van der Waals surface area contributed by atoms with Crippen LogP contribution in [0.1, 0.15) is 22.6 Å². The van der Waals surface area contributed by atoms with Gasteiger partial charge in [-0.25, -0.2) is 10.4 Å². The first-order chi connectivity index (χ1) is 15.0. The predicted octanol–water partition coefficient (Wildman–Crippen LogP) is 3.85. The Morgan fingerprint density at radius 2 is 2.10 bits per heavy atom. The van der Waals surface area contributed by atoms with Gasteiger partial charge in [0.2, 0.25) is 5.88 Å². The summed E-state index contributed by atoms with van der Waals surface area (Å²) in [6.07, 6.45) is 1.37. The highest BCUT2D eigenvalue weighted by Gasteiger charge is 2.14. The van der Waals surface area contributed by atoms with Crippen molar-refractivity contribution in [1.29, 1.82) is 5.26 Å². The summed E-state index contributed by atoms with van der Waals surface area (Å²) in [5.41, 5.74) is 4.73. The summed E-state index contributed by atoms with van der Waals surface area (Å²) in [5.74, 6) is 0.672. The summed E-state index contributed by atoms with van der Waals surface area (Å²) in [7, 11) is 1.53. The largest absolute Gasteiger partial charge is 0.467 e. The summed E-state index contributed by atoms with van der Waals surface area (Å²) >= 11 is 5.89. The van der Waals surface area contributed by atoms with Crippen molar-refractivity contribution in [2.75, 3.05) is 13.7 Å². The van der Waals surface area contributed by atoms with Crippen molar-refractivity contribution in [3.8, 4) is 23.3 Å². The third kappa shape index (κ3) is 5.92. The predicted molar refractivity (Wildman–Crippen MR) is 115 cm³/mol. The fourth-order valence-electron chi connectivity index (χ4n) is 2.73. The third-order valence-corrected chi connectivity index (χ3v) is 4.34. The second kappa shape index (κ2) is 10.4. The number of carbonyl (C=O) groups is 1. The van der Waals surface area contributed by atoms with Crippen molar-refractivity contribution in [1.82, 2.24) is 10.4 Å². The number of amides is 1. The second-order valence-corrected chi connectivity index (χ2v) is 6.87. The number of hydrogen-bond acceptors (Lipinski definition) is 7. The van der Waals surface area contributed by atoms with E-state index in [2.05, 4.69) is 15.5 Å². The molecule has 1 aromatic carbocycles. The molecule has 3 rings (SSSR count). The average molecular weight is 439 g/mol. The molecule has 0 bridgehead atoms. The molecule has 158 valence electrons. The van der Waals surface area contributed by atoms with Crippen molar-refractivity contribution in [2.45, 2.75) is 13.5 Å². The van der Waals surface area contributed by atoms with Gasteiger partial charge in [0.15, 0.2) is 6.61 Å². The number of aryl methyl sites for hydroxylation is 1. The van der Waals surface area contributed by atoms with Crippen LogP contribution in [0.4, 0.5) is 0 Å². The first-order valence-electron chi connectivity index (χ1n) is 9.20. The minimum absolute atomic E-state index is 0.0762. The Morgan fingerprint density at radius 1 is 1.32 bits per heavy atom. The summed E-state index contributed by atoms with van der Waals surface area (Å²) in [6, 6.07) is 14.5. The van der Waals surface area contributed by atoms with E-state index in [1.54, 1.807) is 37.3 Å². The number of nitrogens with zero attached hydrogens (tertiary/aromatic N) is 3. The maximum Gasteiger partial charge on any atom is 0.278 e. The summed E-state index contributed by atoms with van der Waals surface area (Å²) in [6.45, 7) is 1.64. The number of ether oxygens (including phenoxy) is 2. The molecule has 2 heterocycles. The molecule has 3 aromatic rings. The van der Waals surface area contributed by atoms with Crippen molar-refractivity contribution < 1.29 is 18.7 Å². The number of methoxy groups -OCH3 is 1. The Labute approximate surface area is 184 Å². The van der Waals surface area contributed by atoms with Crippen LogP contribution >= 0.6 is 11.6 Å². The van der Waals surface area contributed by atoms with Crippen LogP contribution in [0.25, 0.3) is 11.3 Å². The molecule has 9 heteroatoms. The molecule has 0 unspecified atom stereocenters. The van der Waals surface area contributed by atoms with Gasteiger partial charge in [-0.05, 0) is 49.4 Å². The molecule has 0 spiro atoms. The highest BCUT2D eigenvalue weighted by Crippen LogP contribution is 2.23. The van der Waals surface area contributed by atoms with Gasteiger partial charge in [0.05, 0.1) is 12.8 Å². The highest BCUT2D eigenvalue weighted by molar-refractivity contribution is 6.30. The molecule has 0 aliphatic heterocycles. The topological polar surface area (TPSA) is 110 Å². The monoisotopic (exact) mass is 438 g/mol. The van der Waals surface area contributed by atoms with Crippen LogP contribution in [0.5, 0.6) is 5.88 Å². The Kier molecular flexibility index (Phi) is 7.38. The Morgan fingerprint density at radius 3 is 2.81 bits per heavy atom. The molecule has 31 heavy (non-hydrogen) atoms. The molecule has 1 N–H and O–H groups in total. The van der Waals surface area contributed by atoms with E-state index in [4.69, 9.17) is 25.5 Å². The third-order valence-electron chi connectivity index (χ3n) is 4.08. The van der Waals surface area contributed by atoms with E-state index in [0.29, 0.717) is 27.8 Å². The minimum Gasteiger partial charge on any atom is -0.467 e. The van der Waals surface area contributed by atoms with Gasteiger partial charge in [-0.15, -0.1) is 0 Å². The van der Waals surface area contributed by atoms with Crippen LogP contribution in [-0.4, -0.2) is 30.8 Å². The van der Waals surface area contributed by atoms with Gasteiger partial charge >= 0.3 is 0 Å². The van der Waals surface area contributed by atoms with Crippen LogP contribution in [-0.2, 0) is 16.1 Å². The molecule has 2 aromatic heterocycles. The molecule has 8 nitrogen and oxygen atoms in total. The summed E-state index contributed by atoms with van der Waals surface area (Å²) in [5, 5.41) is 13.9. The van der Waals surface area contributed by atoms with Crippen LogP contribution in [0.15, 0.2) is 52.0 Å². The number of furan rings is 1. The molecule has 0 aliphatic rings. The quantitative estimate of drug-likeness (QED) is 0.422. The number of carbonyl (C=O) groups excluding carboxylic acids is 1. The molecule has 0 radical (unpaired) electrons. The van der Waals surface area contributed by atoms with E-state index in [9.17, 15) is 10.1 Å². The van der Waals surface area contributed by atoms with E-state index in [1.165, 1.54) is 13.3 Å². The highest BCUT2D eigenvalue weighted by atomic mass is 35.5. The van der Waals surface area contributed by atoms with Crippen molar-refractivity contribution in [3.63, 3.8) is 0 Å². The number of pyridine rings is 1. The zero-order valence-electron chi connectivity index (χ0n) is 16.9. The number of aromatic nitrogens is 1. The van der Waals surface area contributed by atoms with Gasteiger partial charge < -0.3 is 13.9 Å². The van der Waals surface area contributed by atoms with E-state index in [0.717, 1.165) is 5.56 Å². The Bertz CT molecular complexity index is 1130. The number of halogens is 1. The number of hydrogen-bond donors (Lipinski definition) is 1. The van der Waals surface area contributed by atoms with Crippen molar-refractivity contribution >= 4 is 23.7 Å². The fraction of sp³-hybridized carbons (Fsp3) is 0.182. The maximum absolute atomic E-state index is 12.0. The average Bonchev–Trinajstić information content (AvgIpc) is 3.22. The van der Waals surface area contributed by atoms with Crippen LogP contribution in [0.3, 0.4) is 0 Å². The van der Waals surface area contributed by atoms with E-state index < -0.39 is 5.91 Å². The minimum atomic E-state index is -0.513. The van der Waals surface area contributed by atoms with Crippen LogP contribution in [0, 0.1) is 18.3 Å². The summed E-state index contributed by atoms with van der Waals surface area (Å²) in [4.78, 5) is 16.2. The molecule has 0 saturated heterocycles. The molecule has 0 aliphatic carbocycles. The van der Waals surface area contributed by atoms with Crippen molar-refractivity contribution in [2.24, 2.45) is 5.10 Å². The lowest BCUT2D eigenvalue weighted by molar-refractivity contribution is -0.123. The molecule has 1 amide bonds. The maximum atomic E-state index is 12.0. The summed E-state index contributed by atoms with van der Waals surface area (Å²) < 4.78 is 16.2. The lowest BCUT2D eigenvalue weighted by Crippen LogP contribution is -2.25. The van der Waals surface area contributed by atoms with E-state index in [1.807, 2.05) is 18.2 Å². The zero-order valence-corrected chi connectivity index (χ0v) is 17.6. The van der Waals surface area contributed by atoms with E-state index in [-0.39, 0.29) is 24.7 Å². The number of nitriles is 1. The van der Waals surface area contributed by atoms with Gasteiger partial charge in [-0.2, -0.15) is 10.4 Å². The number of nitrogens with one attached hydrogen (secondary N) is 1. The smallest absolute Gasteiger partial charge is 0.278 e. The van der Waals surface area contributed by atoms with Crippen LogP contribution in [0.2, 0.25) is 5.02 Å². The second-order valence-electron chi connectivity index (χ2n) is 6.44. The number of rotatable bonds is 8. The SMILES string of the molecule is COCc1cc(C)nc(OCC(=O)N/N=C\c2ccc(-c3ccc(Cl)cc3)o2)c1C#N. The Hall–Kier alpha value is -3.67. The molecular formula is C22H19ClN4O4. The number of hydrazone groups is 1. The lowest BCUT2D eigenvalue weighted by atomic mass is 10.1. The van der Waals surface area contributed by atoms with Gasteiger partial charge in [-0.3, -0.25) is 4.79 Å². The number of benzene rings is 1. The van der Waals surface area contributed by atoms with E-state index >= 15 is 0 Å². The first kappa shape index (κ1) is 22.0. The van der Waals surface area contributed by atoms with Gasteiger partial charge in [-0.1, -0.05) is 11.6 Å². The Balaban J connectivity index is 1.57. The normalized spacial score (nSPS) is 10.8. The van der Waals surface area contributed by atoms with Gasteiger partial charge in [0.1, 0.15) is 23.2 Å². The lowest BCUT2D eigenvalue weighted by Gasteiger charge is -2.10. The fourth-order valence-corrected chi connectivity index (χ4v) is 2.86.